The molecule has 0 saturated carbocycles. The van der Waals surface area contributed by atoms with Gasteiger partial charge in [-0.05, 0) is 310 Å². The summed E-state index contributed by atoms with van der Waals surface area (Å²) in [4.78, 5) is 0. The van der Waals surface area contributed by atoms with Crippen molar-refractivity contribution in [3.63, 3.8) is 0 Å². The van der Waals surface area contributed by atoms with Crippen LogP contribution in [0, 0.1) is 6.92 Å². The number of hydrogen-bond donors (Lipinski definition) is 0. The molecule has 0 aromatic heterocycles. The van der Waals surface area contributed by atoms with Gasteiger partial charge in [0.05, 0.1) is 39.8 Å². The van der Waals surface area contributed by atoms with Crippen LogP contribution in [0.3, 0.4) is 0 Å². The third kappa shape index (κ3) is 15.4. The molecule has 0 nitrogen and oxygen atoms in total. The van der Waals surface area contributed by atoms with E-state index in [-0.39, 0.29) is 132 Å². The summed E-state index contributed by atoms with van der Waals surface area (Å²) in [6.07, 6.45) is 0. The van der Waals surface area contributed by atoms with Gasteiger partial charge in [0.2, 0.25) is 0 Å². The monoisotopic (exact) mass is 1840 g/mol. The maximum absolute atomic E-state index is 9.27. The van der Waals surface area contributed by atoms with Crippen molar-refractivity contribution >= 4 is 172 Å². The average molecular weight is 1840 g/mol. The van der Waals surface area contributed by atoms with Crippen LogP contribution in [-0.2, 0) is 0 Å². The first-order valence-electron chi connectivity index (χ1n) is 61.8. The molecule has 0 aliphatic rings. The lowest BCUT2D eigenvalue weighted by Crippen LogP contribution is -1.92. The van der Waals surface area contributed by atoms with Crippen molar-refractivity contribution in [1.82, 2.24) is 0 Å². The van der Waals surface area contributed by atoms with Crippen LogP contribution in [0.4, 0.5) is 0 Å². The number of benzene rings is 29. The van der Waals surface area contributed by atoms with E-state index >= 15 is 0 Å². The molecule has 0 unspecified atom stereocenters. The molecule has 29 rings (SSSR count). The van der Waals surface area contributed by atoms with Gasteiger partial charge >= 0.3 is 0 Å². The van der Waals surface area contributed by atoms with Crippen LogP contribution in [0.5, 0.6) is 0 Å². The quantitative estimate of drug-likeness (QED) is 0.126. The molecule has 0 bridgehead atoms. The topological polar surface area (TPSA) is 0 Å². The second-order valence-corrected chi connectivity index (χ2v) is 35.6. The maximum Gasteiger partial charge on any atom is 0.0636 e. The minimum atomic E-state index is -0.573. The molecule has 0 aliphatic heterocycles. The Kier molecular flexibility index (Phi) is 15.2. The lowest BCUT2D eigenvalue weighted by atomic mass is 9.84. The summed E-state index contributed by atoms with van der Waals surface area (Å²) < 4.78 is 255. The molecule has 0 spiro atoms. The summed E-state index contributed by atoms with van der Waals surface area (Å²) >= 11 is 0. The fourth-order valence-electron chi connectivity index (χ4n) is 21.0. The lowest BCUT2D eigenvalue weighted by molar-refractivity contribution is 1.51. The van der Waals surface area contributed by atoms with Crippen LogP contribution < -0.4 is 0 Å². The number of fused-ring (bicyclic) bond motifs is 16. The van der Waals surface area contributed by atoms with E-state index in [0.717, 1.165) is 43.1 Å². The van der Waals surface area contributed by atoms with Crippen LogP contribution in [0.1, 0.15) is 45.3 Å². The molecule has 143 heavy (non-hydrogen) atoms. The molecule has 0 fully saturated rings. The molecular weight excluding hydrogens is 1720 g/mol. The SMILES string of the molecule is [2H]c1c([2H])c([2H])c2c(-c3ccc4ccccc4c3)c3c([2H])c(C)c([2H])c([2H])c3c(-c3ccc4ccccc4c3)c2c1[2H].[2H]c1c([2H])c([2H])c2c(-c3cccc4ccccc34)c3c([2H])c([2H])c([2H])c([2H])c3c(-c3ccc4ccccc4c3)c2c1[2H].[2H]c1c([2H])c([2H])c2c([2H])c(-c3c4ccccc4c(-c4c([2H])c([2H])c([2H])c5c([2H])c([2H])c([2H])c([2H])c45)c4ccccc34)c([2H])c([2H])c2c1[2H].c1ccc2cc(-c3c4ccccc4c(-c4ccc(-c5cccc6ccccc56)cc4)c4ccccc34)ccc2c1. The largest absolute Gasteiger partial charge is 0.0636 e. The van der Waals surface area contributed by atoms with E-state index in [1.807, 2.05) is 170 Å². The van der Waals surface area contributed by atoms with Crippen molar-refractivity contribution in [2.24, 2.45) is 0 Å². The normalized spacial score (nSPS) is 14.4. The molecule has 666 valence electrons. The summed E-state index contributed by atoms with van der Waals surface area (Å²) in [5.74, 6) is 0. The molecule has 0 heteroatoms. The molecule has 29 aromatic rings. The van der Waals surface area contributed by atoms with Crippen LogP contribution in [0.15, 0.2) is 551 Å². The van der Waals surface area contributed by atoms with Gasteiger partial charge in [-0.2, -0.15) is 0 Å². The van der Waals surface area contributed by atoms with Crippen LogP contribution in [0.2, 0.25) is 0 Å². The summed E-state index contributed by atoms with van der Waals surface area (Å²) in [5.41, 5.74) is 12.8. The zero-order chi connectivity index (χ0) is 120. The van der Waals surface area contributed by atoms with E-state index in [4.69, 9.17) is 35.6 Å². The van der Waals surface area contributed by atoms with Crippen molar-refractivity contribution < 1.29 is 39.8 Å². The van der Waals surface area contributed by atoms with E-state index in [0.29, 0.717) is 98.9 Å². The first-order chi connectivity index (χ1) is 83.0. The highest BCUT2D eigenvalue weighted by molar-refractivity contribution is 6.28. The Labute approximate surface area is 871 Å². The highest BCUT2D eigenvalue weighted by atomic mass is 14.3. The minimum Gasteiger partial charge on any atom is -0.0616 e. The van der Waals surface area contributed by atoms with Gasteiger partial charge in [-0.15, -0.1) is 0 Å². The Morgan fingerprint density at radius 1 is 0.126 bits per heavy atom. The van der Waals surface area contributed by atoms with Gasteiger partial charge < -0.3 is 0 Å². The first-order valence-corrected chi connectivity index (χ1v) is 47.3. The van der Waals surface area contributed by atoms with Crippen molar-refractivity contribution in [3.8, 4) is 100 Å². The fourth-order valence-corrected chi connectivity index (χ4v) is 21.0. The van der Waals surface area contributed by atoms with Crippen LogP contribution >= 0.6 is 0 Å². The average Bonchev–Trinajstić information content (AvgIpc) is 0.692. The molecule has 0 aliphatic carbocycles. The van der Waals surface area contributed by atoms with E-state index in [1.54, 1.807) is 55.5 Å². The van der Waals surface area contributed by atoms with E-state index in [1.165, 1.54) is 76.5 Å². The van der Waals surface area contributed by atoms with E-state index < -0.39 is 103 Å². The predicted octanol–water partition coefficient (Wildman–Crippen LogP) is 40.5. The summed E-state index contributed by atoms with van der Waals surface area (Å²) in [5, 5.41) is 20.9. The van der Waals surface area contributed by atoms with Gasteiger partial charge in [-0.1, -0.05) is 527 Å². The zero-order valence-corrected chi connectivity index (χ0v) is 76.8. The lowest BCUT2D eigenvalue weighted by Gasteiger charge is -2.19. The molecule has 0 radical (unpaired) electrons. The first kappa shape index (κ1) is 59.6. The summed E-state index contributed by atoms with van der Waals surface area (Å²) in [6, 6.07) is 114. The third-order valence-electron chi connectivity index (χ3n) is 27.4. The highest BCUT2D eigenvalue weighted by Crippen LogP contribution is 2.52. The molecular formula is C143H94. The Morgan fingerprint density at radius 3 is 0.839 bits per heavy atom. The maximum atomic E-state index is 9.27. The Morgan fingerprint density at radius 2 is 0.406 bits per heavy atom. The molecule has 0 atom stereocenters. The smallest absolute Gasteiger partial charge is 0.0616 e. The number of hydrogen-bond acceptors (Lipinski definition) is 0. The van der Waals surface area contributed by atoms with Gasteiger partial charge in [0.25, 0.3) is 0 Å². The predicted molar refractivity (Wildman–Crippen MR) is 620 cm³/mol. The Hall–Kier alpha value is -18.5. The van der Waals surface area contributed by atoms with E-state index in [9.17, 15) is 4.11 Å². The van der Waals surface area contributed by atoms with Crippen molar-refractivity contribution in [2.75, 3.05) is 0 Å². The van der Waals surface area contributed by atoms with Crippen molar-refractivity contribution in [2.45, 2.75) is 6.92 Å². The second kappa shape index (κ2) is 36.5. The van der Waals surface area contributed by atoms with Gasteiger partial charge in [0.15, 0.2) is 0 Å². The van der Waals surface area contributed by atoms with Crippen molar-refractivity contribution in [3.05, 3.63) is 557 Å². The molecule has 0 N–H and O–H groups in total. The molecule has 0 saturated heterocycles. The Bertz CT molecular complexity index is 11600. The molecule has 29 aromatic carbocycles. The van der Waals surface area contributed by atoms with Crippen molar-refractivity contribution in [1.29, 1.82) is 0 Å². The van der Waals surface area contributed by atoms with Gasteiger partial charge in [-0.25, -0.2) is 0 Å². The third-order valence-corrected chi connectivity index (χ3v) is 27.4. The fraction of sp³-hybridized carbons (Fsp3) is 0.00699. The van der Waals surface area contributed by atoms with Crippen LogP contribution in [-0.4, -0.2) is 0 Å². The standard InChI is InChI=1S/C40H26.C35H24.2C34H22/c1-2-12-31-26-32(25-20-27(31)10-1)40-37-17-7-5-15-35(37)39(36-16-6-8-18-38(36)40)30-23-21-29(22-24-30)34-19-9-13-28-11-3-4-14-33(28)34;1-23-14-19-32-33(20-23)35(29-18-16-25-9-3-5-11-27(25)22-29)31-13-7-6-12-30(31)34(32)28-17-15-24-8-2-4-10-26(24)21-28;2*1-2-12-25-22-26(21-20-23(25)10-1)33-29-15-5-7-17-31(29)34(32-18-8-6-16-30(32)33)28-19-9-13-24-11-3-4-14-27(24)28/h1-26H;2-22H,1H3;2*1-22H/i;6D,7D,12D,13D,14D,19D,20D;1D,2D,3D,4D,9D,10D,11D,12D,13D,14D,19D,20D,21D,22D;5D,6D,7D,8D,15D,16D,17D,18D. The van der Waals surface area contributed by atoms with E-state index in [2.05, 4.69) is 158 Å². The Balaban J connectivity index is 0.000000112. The summed E-state index contributed by atoms with van der Waals surface area (Å²) in [6.45, 7) is 1.66. The van der Waals surface area contributed by atoms with Crippen LogP contribution in [0.25, 0.3) is 273 Å². The minimum absolute atomic E-state index is 0.0166. The number of rotatable bonds is 9. The molecule has 0 heterocycles. The van der Waals surface area contributed by atoms with Gasteiger partial charge in [-0.3, -0.25) is 0 Å². The second-order valence-electron chi connectivity index (χ2n) is 35.6. The zero-order valence-electron chi connectivity index (χ0n) is 106. The molecule has 0 amide bonds. The highest BCUT2D eigenvalue weighted by Gasteiger charge is 2.25. The summed E-state index contributed by atoms with van der Waals surface area (Å²) in [7, 11) is 0. The van der Waals surface area contributed by atoms with Gasteiger partial charge in [0.1, 0.15) is 0 Å². The van der Waals surface area contributed by atoms with Gasteiger partial charge in [0, 0.05) is 0 Å².